The molecule has 0 amide bonds. The van der Waals surface area contributed by atoms with Crippen molar-refractivity contribution in [3.8, 4) is 11.9 Å². The van der Waals surface area contributed by atoms with Crippen LogP contribution in [0.5, 0.6) is 5.88 Å². The van der Waals surface area contributed by atoms with Crippen LogP contribution in [0.4, 0.5) is 0 Å². The second-order valence-corrected chi connectivity index (χ2v) is 2.01. The van der Waals surface area contributed by atoms with E-state index < -0.39 is 0 Å². The normalized spacial score (nSPS) is 8.90. The molecule has 3 nitrogen and oxygen atoms in total. The summed E-state index contributed by atoms with van der Waals surface area (Å²) in [6, 6.07) is 3.76. The van der Waals surface area contributed by atoms with Crippen molar-refractivity contribution in [1.29, 1.82) is 5.26 Å². The van der Waals surface area contributed by atoms with E-state index in [-0.39, 0.29) is 0 Å². The molecule has 0 bridgehead atoms. The fraction of sp³-hybridized carbons (Fsp3) is 0.286. The first kappa shape index (κ1) is 6.69. The fourth-order valence-corrected chi connectivity index (χ4v) is 0.809. The van der Waals surface area contributed by atoms with E-state index in [9.17, 15) is 0 Å². The standard InChI is InChI=1S/C7H8N2O/c1-5-3-6(4-8)7(9-5)10-2/h3,9H,1-2H3. The molecule has 3 heteroatoms. The lowest BCUT2D eigenvalue weighted by atomic mass is 10.3. The highest BCUT2D eigenvalue weighted by Crippen LogP contribution is 2.15. The first-order valence-corrected chi connectivity index (χ1v) is 2.91. The van der Waals surface area contributed by atoms with Gasteiger partial charge < -0.3 is 9.72 Å². The van der Waals surface area contributed by atoms with E-state index in [1.54, 1.807) is 6.07 Å². The number of nitrogens with one attached hydrogen (secondary N) is 1. The zero-order chi connectivity index (χ0) is 7.56. The molecule has 0 aliphatic rings. The van der Waals surface area contributed by atoms with E-state index in [4.69, 9.17) is 10.00 Å². The smallest absolute Gasteiger partial charge is 0.209 e. The minimum absolute atomic E-state index is 0.542. The van der Waals surface area contributed by atoms with Gasteiger partial charge in [-0.05, 0) is 13.0 Å². The number of ether oxygens (including phenoxy) is 1. The average Bonchev–Trinajstić information content (AvgIpc) is 2.30. The second-order valence-electron chi connectivity index (χ2n) is 2.01. The number of nitrogens with zero attached hydrogens (tertiary/aromatic N) is 1. The van der Waals surface area contributed by atoms with Gasteiger partial charge in [0.15, 0.2) is 0 Å². The number of nitriles is 1. The molecule has 0 atom stereocenters. The largest absolute Gasteiger partial charge is 0.481 e. The molecule has 0 radical (unpaired) electrons. The predicted molar refractivity (Wildman–Crippen MR) is 36.8 cm³/mol. The van der Waals surface area contributed by atoms with Crippen LogP contribution in [0.25, 0.3) is 0 Å². The second kappa shape index (κ2) is 2.44. The molecular formula is C7H8N2O. The van der Waals surface area contributed by atoms with Gasteiger partial charge in [-0.15, -0.1) is 0 Å². The van der Waals surface area contributed by atoms with Gasteiger partial charge in [-0.2, -0.15) is 5.26 Å². The number of hydrogen-bond donors (Lipinski definition) is 1. The van der Waals surface area contributed by atoms with Gasteiger partial charge in [0.05, 0.1) is 7.11 Å². The van der Waals surface area contributed by atoms with Gasteiger partial charge >= 0.3 is 0 Å². The summed E-state index contributed by atoms with van der Waals surface area (Å²) in [5, 5.41) is 8.51. The van der Waals surface area contributed by atoms with Crippen LogP contribution < -0.4 is 4.74 Å². The van der Waals surface area contributed by atoms with Gasteiger partial charge in [0.2, 0.25) is 5.88 Å². The van der Waals surface area contributed by atoms with Crippen LogP contribution in [0.3, 0.4) is 0 Å². The van der Waals surface area contributed by atoms with Crippen molar-refractivity contribution in [2.75, 3.05) is 7.11 Å². The van der Waals surface area contributed by atoms with Crippen LogP contribution >= 0.6 is 0 Å². The van der Waals surface area contributed by atoms with Crippen molar-refractivity contribution < 1.29 is 4.74 Å². The third kappa shape index (κ3) is 0.960. The van der Waals surface area contributed by atoms with Crippen LogP contribution in [0.2, 0.25) is 0 Å². The van der Waals surface area contributed by atoms with Crippen molar-refractivity contribution in [3.63, 3.8) is 0 Å². The Kier molecular flexibility index (Phi) is 1.63. The van der Waals surface area contributed by atoms with Crippen molar-refractivity contribution in [2.24, 2.45) is 0 Å². The van der Waals surface area contributed by atoms with Crippen LogP contribution in [-0.4, -0.2) is 12.1 Å². The van der Waals surface area contributed by atoms with E-state index in [2.05, 4.69) is 4.98 Å². The first-order chi connectivity index (χ1) is 4.77. The van der Waals surface area contributed by atoms with E-state index in [0.717, 1.165) is 5.69 Å². The van der Waals surface area contributed by atoms with Crippen LogP contribution in [0.1, 0.15) is 11.3 Å². The topological polar surface area (TPSA) is 48.8 Å². The van der Waals surface area contributed by atoms with E-state index in [1.807, 2.05) is 13.0 Å². The van der Waals surface area contributed by atoms with Gasteiger partial charge in [-0.1, -0.05) is 0 Å². The van der Waals surface area contributed by atoms with Gasteiger partial charge in [-0.3, -0.25) is 0 Å². The Balaban J connectivity index is 3.12. The molecule has 1 heterocycles. The zero-order valence-electron chi connectivity index (χ0n) is 5.93. The molecule has 1 rings (SSSR count). The lowest BCUT2D eigenvalue weighted by Crippen LogP contribution is -1.84. The number of aryl methyl sites for hydroxylation is 1. The maximum Gasteiger partial charge on any atom is 0.209 e. The number of aromatic amines is 1. The van der Waals surface area contributed by atoms with Gasteiger partial charge in [-0.25, -0.2) is 0 Å². The Bertz CT molecular complexity index is 270. The quantitative estimate of drug-likeness (QED) is 0.630. The number of rotatable bonds is 1. The molecule has 0 fully saturated rings. The molecule has 10 heavy (non-hydrogen) atoms. The zero-order valence-corrected chi connectivity index (χ0v) is 5.93. The molecule has 0 aliphatic carbocycles. The van der Waals surface area contributed by atoms with Crippen molar-refractivity contribution in [3.05, 3.63) is 17.3 Å². The van der Waals surface area contributed by atoms with Crippen LogP contribution in [0.15, 0.2) is 6.07 Å². The molecule has 0 aliphatic heterocycles. The summed E-state index contributed by atoms with van der Waals surface area (Å²) in [4.78, 5) is 2.90. The molecule has 0 saturated heterocycles. The summed E-state index contributed by atoms with van der Waals surface area (Å²) in [5.74, 6) is 0.542. The maximum absolute atomic E-state index is 8.51. The molecule has 1 aromatic heterocycles. The van der Waals surface area contributed by atoms with Crippen LogP contribution in [-0.2, 0) is 0 Å². The summed E-state index contributed by atoms with van der Waals surface area (Å²) < 4.78 is 4.88. The van der Waals surface area contributed by atoms with E-state index >= 15 is 0 Å². The molecule has 0 spiro atoms. The van der Waals surface area contributed by atoms with Crippen molar-refractivity contribution >= 4 is 0 Å². The summed E-state index contributed by atoms with van der Waals surface area (Å²) in [5.41, 5.74) is 1.49. The lowest BCUT2D eigenvalue weighted by Gasteiger charge is -1.92. The Morgan fingerprint density at radius 3 is 2.80 bits per heavy atom. The fourth-order valence-electron chi connectivity index (χ4n) is 0.809. The van der Waals surface area contributed by atoms with Crippen LogP contribution in [0, 0.1) is 18.3 Å². The highest BCUT2D eigenvalue weighted by atomic mass is 16.5. The lowest BCUT2D eigenvalue weighted by molar-refractivity contribution is 0.398. The van der Waals surface area contributed by atoms with E-state index in [0.29, 0.717) is 11.4 Å². The van der Waals surface area contributed by atoms with Crippen molar-refractivity contribution in [1.82, 2.24) is 4.98 Å². The monoisotopic (exact) mass is 136 g/mol. The highest BCUT2D eigenvalue weighted by molar-refractivity contribution is 5.40. The third-order valence-electron chi connectivity index (χ3n) is 1.24. The Morgan fingerprint density at radius 1 is 1.70 bits per heavy atom. The predicted octanol–water partition coefficient (Wildman–Crippen LogP) is 1.20. The number of H-pyrrole nitrogens is 1. The highest BCUT2D eigenvalue weighted by Gasteiger charge is 2.03. The summed E-state index contributed by atoms with van der Waals surface area (Å²) >= 11 is 0. The molecule has 52 valence electrons. The maximum atomic E-state index is 8.51. The number of hydrogen-bond acceptors (Lipinski definition) is 2. The van der Waals surface area contributed by atoms with E-state index in [1.165, 1.54) is 7.11 Å². The Labute approximate surface area is 59.2 Å². The minimum Gasteiger partial charge on any atom is -0.481 e. The van der Waals surface area contributed by atoms with Crippen molar-refractivity contribution in [2.45, 2.75) is 6.92 Å². The average molecular weight is 136 g/mol. The number of methoxy groups -OCH3 is 1. The minimum atomic E-state index is 0.542. The van der Waals surface area contributed by atoms with Gasteiger partial charge in [0, 0.05) is 5.69 Å². The summed E-state index contributed by atoms with van der Waals surface area (Å²) in [6.07, 6.45) is 0. The number of aromatic nitrogens is 1. The van der Waals surface area contributed by atoms with Gasteiger partial charge in [0.25, 0.3) is 0 Å². The molecular weight excluding hydrogens is 128 g/mol. The Morgan fingerprint density at radius 2 is 2.40 bits per heavy atom. The molecule has 1 N–H and O–H groups in total. The Hall–Kier alpha value is -1.43. The third-order valence-corrected chi connectivity index (χ3v) is 1.24. The summed E-state index contributed by atoms with van der Waals surface area (Å²) in [7, 11) is 1.53. The molecule has 0 saturated carbocycles. The summed E-state index contributed by atoms with van der Waals surface area (Å²) in [6.45, 7) is 1.88. The molecule has 0 unspecified atom stereocenters. The molecule has 0 aromatic carbocycles. The first-order valence-electron chi connectivity index (χ1n) is 2.91. The van der Waals surface area contributed by atoms with Gasteiger partial charge in [0.1, 0.15) is 11.6 Å². The SMILES string of the molecule is COc1[nH]c(C)cc1C#N. The molecule has 1 aromatic rings.